The van der Waals surface area contributed by atoms with Crippen molar-refractivity contribution in [1.29, 1.82) is 0 Å². The van der Waals surface area contributed by atoms with Gasteiger partial charge in [0.1, 0.15) is 0 Å². The molecule has 0 heterocycles. The van der Waals surface area contributed by atoms with Crippen molar-refractivity contribution in [3.05, 3.63) is 28.8 Å². The van der Waals surface area contributed by atoms with E-state index in [1.54, 1.807) is 5.19 Å². The largest absolute Gasteiger partial charge is 1.00 e. The number of hydrogen-bond donors (Lipinski definition) is 0. The van der Waals surface area contributed by atoms with Gasteiger partial charge in [-0.1, -0.05) is 125 Å². The zero-order valence-electron chi connectivity index (χ0n) is 25.2. The topological polar surface area (TPSA) is 0 Å². The zero-order chi connectivity index (χ0) is 25.0. The third kappa shape index (κ3) is 5.73. The van der Waals surface area contributed by atoms with Crippen LogP contribution < -0.4 is 24.0 Å². The first kappa shape index (κ1) is 32.7. The van der Waals surface area contributed by atoms with E-state index in [-0.39, 0.29) is 18.9 Å². The fraction of sp³-hybridized carbons (Fsp3) is 0.778. The van der Waals surface area contributed by atoms with Crippen molar-refractivity contribution >= 4 is 35.9 Å². The molecule has 0 aliphatic carbocycles. The van der Waals surface area contributed by atoms with Crippen LogP contribution in [0.15, 0.2) is 12.1 Å². The second-order valence-electron chi connectivity index (χ2n) is 14.5. The molecule has 0 aliphatic heterocycles. The summed E-state index contributed by atoms with van der Waals surface area (Å²) in [7, 11) is -2.39. The van der Waals surface area contributed by atoms with Crippen molar-refractivity contribution in [2.24, 2.45) is 0 Å². The molecule has 0 aliphatic rings. The molecule has 5 heteroatoms. The van der Waals surface area contributed by atoms with E-state index in [2.05, 4.69) is 129 Å². The third-order valence-electron chi connectivity index (χ3n) is 8.93. The molecule has 0 spiro atoms. The molecule has 0 fully saturated rings. The molecule has 1 aromatic carbocycles. The maximum Gasteiger partial charge on any atom is 1.00 e. The minimum absolute atomic E-state index is 0. The standard InChI is InChI=1S/C27H53Si4.Li/c1-20-18-21(2)23(22(3)19-20)28-29(30(16,24(4,5)6)25(7,8)9)31(17,26(10,11)12)27(13,14)15;/h18-19H,1-17H3;/q-1;+1. The summed E-state index contributed by atoms with van der Waals surface area (Å²) >= 11 is 0. The molecule has 0 unspecified atom stereocenters. The Kier molecular flexibility index (Phi) is 10.2. The first-order chi connectivity index (χ1) is 13.4. The van der Waals surface area contributed by atoms with Gasteiger partial charge < -0.3 is 8.61 Å². The van der Waals surface area contributed by atoms with Gasteiger partial charge in [0, 0.05) is 15.2 Å². The van der Waals surface area contributed by atoms with E-state index in [1.165, 1.54) is 16.7 Å². The van der Waals surface area contributed by atoms with Crippen molar-refractivity contribution in [1.82, 2.24) is 0 Å². The molecule has 1 aromatic rings. The van der Waals surface area contributed by atoms with E-state index >= 15 is 0 Å². The zero-order valence-corrected chi connectivity index (χ0v) is 29.2. The van der Waals surface area contributed by atoms with Gasteiger partial charge in [0.2, 0.25) is 0 Å². The summed E-state index contributed by atoms with van der Waals surface area (Å²) in [6, 6.07) is 4.88. The predicted octanol–water partition coefficient (Wildman–Crippen LogP) is 5.45. The van der Waals surface area contributed by atoms with Crippen LogP contribution in [0.4, 0.5) is 0 Å². The second-order valence-corrected chi connectivity index (χ2v) is 42.3. The van der Waals surface area contributed by atoms with Crippen LogP contribution in [0, 0.1) is 20.8 Å². The summed E-state index contributed by atoms with van der Waals surface area (Å²) in [5.41, 5.74) is 4.49. The molecular formula is C27H53LiSi4. The normalized spacial score (nSPS) is 14.2. The van der Waals surface area contributed by atoms with E-state index < -0.39 is 22.1 Å². The molecule has 32 heavy (non-hydrogen) atoms. The average molecular weight is 497 g/mol. The molecule has 0 aromatic heterocycles. The van der Waals surface area contributed by atoms with E-state index in [4.69, 9.17) is 0 Å². The molecular weight excluding hydrogens is 444 g/mol. The molecule has 0 saturated carbocycles. The molecule has 0 bridgehead atoms. The Balaban J connectivity index is 0.00000961. The van der Waals surface area contributed by atoms with Gasteiger partial charge in [-0.2, -0.15) is 0 Å². The van der Waals surface area contributed by atoms with Gasteiger partial charge in [0.05, 0.1) is 0 Å². The quantitative estimate of drug-likeness (QED) is 0.488. The molecule has 178 valence electrons. The van der Waals surface area contributed by atoms with Crippen LogP contribution >= 0.6 is 0 Å². The number of hydrogen-bond acceptors (Lipinski definition) is 0. The van der Waals surface area contributed by atoms with Crippen LogP contribution in [0.3, 0.4) is 0 Å². The van der Waals surface area contributed by atoms with Crippen molar-refractivity contribution in [2.45, 2.75) is 137 Å². The molecule has 0 N–H and O–H groups in total. The first-order valence-corrected chi connectivity index (χ1v) is 22.7. The first-order valence-electron chi connectivity index (χ1n) is 12.2. The Morgan fingerprint density at radius 3 is 1.06 bits per heavy atom. The summed E-state index contributed by atoms with van der Waals surface area (Å²) in [5, 5.41) is 3.28. The molecule has 0 radical (unpaired) electrons. The minimum Gasteiger partial charge on any atom is -0.425 e. The van der Waals surface area contributed by atoms with Crippen LogP contribution in [0.1, 0.15) is 99.8 Å². The molecule has 1 rings (SSSR count). The fourth-order valence-electron chi connectivity index (χ4n) is 6.00. The van der Waals surface area contributed by atoms with Gasteiger partial charge in [0.15, 0.2) is 0 Å². The molecule has 0 saturated heterocycles. The van der Waals surface area contributed by atoms with Crippen LogP contribution in [0.25, 0.3) is 0 Å². The van der Waals surface area contributed by atoms with Crippen molar-refractivity contribution in [2.75, 3.05) is 0 Å². The number of aryl methyl sites for hydroxylation is 3. The SMILES string of the molecule is Cc1cc(C)c([Si-]=[Si]([Si](C)(C(C)(C)C)C(C)(C)C)[Si](C)(C(C)(C)C)C(C)(C)C)c(C)c1.[Li+]. The van der Waals surface area contributed by atoms with Gasteiger partial charge in [0.25, 0.3) is 0 Å². The van der Waals surface area contributed by atoms with E-state index in [1.807, 2.05) is 0 Å². The molecule has 0 atom stereocenters. The Morgan fingerprint density at radius 2 is 0.844 bits per heavy atom. The summed E-state index contributed by atoms with van der Waals surface area (Å²) in [6.45, 7) is 43.1. The van der Waals surface area contributed by atoms with Gasteiger partial charge >= 0.3 is 18.9 Å². The van der Waals surface area contributed by atoms with Crippen molar-refractivity contribution in [3.63, 3.8) is 0 Å². The van der Waals surface area contributed by atoms with Crippen molar-refractivity contribution in [3.8, 4) is 0 Å². The van der Waals surface area contributed by atoms with E-state index in [0.29, 0.717) is 20.2 Å². The molecule has 0 nitrogen and oxygen atoms in total. The van der Waals surface area contributed by atoms with Crippen LogP contribution in [-0.2, 0) is 0 Å². The Bertz CT molecular complexity index is 749. The third-order valence-corrected chi connectivity index (χ3v) is 61.0. The van der Waals surface area contributed by atoms with Gasteiger partial charge in [-0.15, -0.1) is 0 Å². The molecule has 0 amide bonds. The summed E-state index contributed by atoms with van der Waals surface area (Å²) in [5.74, 6) is 0. The average Bonchev–Trinajstić information content (AvgIpc) is 2.48. The second kappa shape index (κ2) is 9.98. The van der Waals surface area contributed by atoms with Crippen LogP contribution in [-0.4, -0.2) is 30.7 Å². The summed E-state index contributed by atoms with van der Waals surface area (Å²) in [4.78, 5) is 0. The number of benzene rings is 1. The summed E-state index contributed by atoms with van der Waals surface area (Å²) in [6.07, 6.45) is 0. The van der Waals surface area contributed by atoms with Crippen molar-refractivity contribution < 1.29 is 18.9 Å². The maximum absolute atomic E-state index is 2.83. The van der Waals surface area contributed by atoms with Gasteiger partial charge in [-0.3, -0.25) is 0 Å². The Morgan fingerprint density at radius 1 is 0.594 bits per heavy atom. The fourth-order valence-corrected chi connectivity index (χ4v) is 74.0. The number of rotatable bonds is 3. The van der Waals surface area contributed by atoms with E-state index in [9.17, 15) is 0 Å². The predicted molar refractivity (Wildman–Crippen MR) is 154 cm³/mol. The Labute approximate surface area is 219 Å². The smallest absolute Gasteiger partial charge is 0.425 e. The summed E-state index contributed by atoms with van der Waals surface area (Å²) < 4.78 is 0. The van der Waals surface area contributed by atoms with Crippen LogP contribution in [0.5, 0.6) is 0 Å². The minimum atomic E-state index is -1.70. The van der Waals surface area contributed by atoms with Crippen LogP contribution in [0.2, 0.25) is 33.2 Å². The monoisotopic (exact) mass is 496 g/mol. The Hall–Kier alpha value is 0.685. The van der Waals surface area contributed by atoms with Gasteiger partial charge in [-0.25, -0.2) is 12.1 Å². The van der Waals surface area contributed by atoms with E-state index in [0.717, 1.165) is 8.61 Å². The van der Waals surface area contributed by atoms with Gasteiger partial charge in [-0.05, 0) is 40.9 Å². The maximum atomic E-state index is 2.83.